The molecule has 0 saturated carbocycles. The van der Waals surface area contributed by atoms with Crippen molar-refractivity contribution in [2.45, 2.75) is 13.8 Å². The number of thiophene rings is 1. The topological polar surface area (TPSA) is 8.81 Å². The molecule has 0 amide bonds. The largest absolute Gasteiger partial charge is 0.300 e. The van der Waals surface area contributed by atoms with Crippen LogP contribution in [0.5, 0.6) is 0 Å². The Hall–Kier alpha value is -1.92. The number of allylic oxidation sites excluding steroid dienone is 1. The molecule has 130 valence electrons. The predicted molar refractivity (Wildman–Crippen MR) is 123 cm³/mol. The van der Waals surface area contributed by atoms with Gasteiger partial charge in [-0.05, 0) is 37.6 Å². The number of rotatable bonds is 3. The number of benzene rings is 2. The Kier molecular flexibility index (Phi) is 4.49. The molecular formula is C22H20IN2S+. The lowest BCUT2D eigenvalue weighted by Crippen LogP contribution is -2.32. The maximum absolute atomic E-state index is 4.03. The van der Waals surface area contributed by atoms with E-state index in [2.05, 4.69) is 106 Å². The molecule has 2 heterocycles. The summed E-state index contributed by atoms with van der Waals surface area (Å²) in [5.74, 6) is 1.20. The fourth-order valence-corrected chi connectivity index (χ4v) is 5.91. The van der Waals surface area contributed by atoms with E-state index in [1.165, 1.54) is 42.8 Å². The third kappa shape index (κ3) is 2.47. The second kappa shape index (κ2) is 6.67. The van der Waals surface area contributed by atoms with Crippen molar-refractivity contribution in [1.82, 2.24) is 2.78 Å². The van der Waals surface area contributed by atoms with Gasteiger partial charge in [0.2, 0.25) is 22.9 Å². The van der Waals surface area contributed by atoms with E-state index >= 15 is 0 Å². The highest BCUT2D eigenvalue weighted by atomic mass is 127. The molecule has 0 aliphatic rings. The first-order valence-electron chi connectivity index (χ1n) is 8.55. The van der Waals surface area contributed by atoms with Crippen molar-refractivity contribution in [3.8, 4) is 11.4 Å². The molecule has 4 rings (SSSR count). The first-order chi connectivity index (χ1) is 12.6. The Morgan fingerprint density at radius 1 is 1.15 bits per heavy atom. The number of nitrogens with zero attached hydrogens (tertiary/aromatic N) is 2. The van der Waals surface area contributed by atoms with Crippen molar-refractivity contribution in [3.63, 3.8) is 0 Å². The van der Waals surface area contributed by atoms with E-state index in [1.807, 2.05) is 17.4 Å². The van der Waals surface area contributed by atoms with Gasteiger partial charge in [0.05, 0.1) is 17.3 Å². The number of hydrogen-bond donors (Lipinski definition) is 0. The van der Waals surface area contributed by atoms with E-state index in [9.17, 15) is 0 Å². The number of hydrogen-bond acceptors (Lipinski definition) is 1. The lowest BCUT2D eigenvalue weighted by molar-refractivity contribution is -0.660. The van der Waals surface area contributed by atoms with Crippen LogP contribution in [0, 0.1) is 6.92 Å². The van der Waals surface area contributed by atoms with Crippen LogP contribution in [0.2, 0.25) is 0 Å². The highest BCUT2D eigenvalue weighted by Crippen LogP contribution is 2.41. The van der Waals surface area contributed by atoms with Crippen molar-refractivity contribution in [3.05, 3.63) is 66.0 Å². The Bertz CT molecular complexity index is 1190. The Morgan fingerprint density at radius 2 is 1.92 bits per heavy atom. The molecule has 4 aromatic rings. The van der Waals surface area contributed by atoms with Crippen LogP contribution in [0.3, 0.4) is 0 Å². The molecule has 0 bridgehead atoms. The summed E-state index contributed by atoms with van der Waals surface area (Å²) in [6.07, 6.45) is 6.16. The van der Waals surface area contributed by atoms with E-state index < -0.39 is 0 Å². The average Bonchev–Trinajstić information content (AvgIpc) is 3.12. The zero-order chi connectivity index (χ0) is 18.4. The summed E-state index contributed by atoms with van der Waals surface area (Å²) >= 11 is 4.27. The van der Waals surface area contributed by atoms with E-state index in [0.29, 0.717) is 0 Å². The first-order valence-corrected chi connectivity index (χ1v) is 10.3. The number of aromatic nitrogens is 2. The molecule has 26 heavy (non-hydrogen) atoms. The smallest absolute Gasteiger partial charge is 0.225 e. The normalized spacial score (nSPS) is 11.8. The Labute approximate surface area is 171 Å². The summed E-state index contributed by atoms with van der Waals surface area (Å²) in [5, 5.41) is 2.66. The molecule has 0 unspecified atom stereocenters. The van der Waals surface area contributed by atoms with Gasteiger partial charge in [-0.1, -0.05) is 43.0 Å². The van der Waals surface area contributed by atoms with Gasteiger partial charge >= 0.3 is 0 Å². The lowest BCUT2D eigenvalue weighted by Gasteiger charge is -2.05. The van der Waals surface area contributed by atoms with Crippen LogP contribution in [0.1, 0.15) is 23.9 Å². The molecule has 0 atom stereocenters. The molecule has 0 fully saturated rings. The summed E-state index contributed by atoms with van der Waals surface area (Å²) in [6, 6.07) is 13.2. The fraction of sp³-hybridized carbons (Fsp3) is 0.136. The zero-order valence-electron chi connectivity index (χ0n) is 15.1. The van der Waals surface area contributed by atoms with Crippen LogP contribution in [0.25, 0.3) is 43.7 Å². The highest BCUT2D eigenvalue weighted by Gasteiger charge is 2.29. The summed E-state index contributed by atoms with van der Waals surface area (Å²) in [5.41, 5.74) is 4.89. The third-order valence-corrected chi connectivity index (χ3v) is 7.02. The van der Waals surface area contributed by atoms with Gasteiger partial charge in [0.25, 0.3) is 5.82 Å². The molecule has 0 N–H and O–H groups in total. The van der Waals surface area contributed by atoms with Crippen molar-refractivity contribution in [2.75, 3.05) is 0 Å². The minimum Gasteiger partial charge on any atom is -0.225 e. The molecule has 0 aliphatic heterocycles. The number of fused-ring (bicyclic) bond motifs is 3. The van der Waals surface area contributed by atoms with Gasteiger partial charge in [-0.15, -0.1) is 11.3 Å². The van der Waals surface area contributed by atoms with Crippen molar-refractivity contribution < 1.29 is 4.57 Å². The van der Waals surface area contributed by atoms with Gasteiger partial charge in [0.15, 0.2) is 11.4 Å². The quantitative estimate of drug-likeness (QED) is 0.237. The van der Waals surface area contributed by atoms with Crippen LogP contribution in [0.15, 0.2) is 49.1 Å². The van der Waals surface area contributed by atoms with Gasteiger partial charge < -0.3 is 0 Å². The fourth-order valence-electron chi connectivity index (χ4n) is 3.60. The van der Waals surface area contributed by atoms with Crippen LogP contribution in [-0.4, -0.2) is 2.78 Å². The minimum absolute atomic E-state index is 1.12. The maximum Gasteiger partial charge on any atom is 0.300 e. The predicted octanol–water partition coefficient (Wildman–Crippen LogP) is 6.53. The maximum atomic E-state index is 4.03. The summed E-state index contributed by atoms with van der Waals surface area (Å²) in [6.45, 7) is 8.28. The first kappa shape index (κ1) is 17.5. The minimum atomic E-state index is 1.12. The van der Waals surface area contributed by atoms with Crippen molar-refractivity contribution >= 4 is 66.5 Å². The highest BCUT2D eigenvalue weighted by molar-refractivity contribution is 14.1. The Morgan fingerprint density at radius 3 is 2.65 bits per heavy atom. The Balaban J connectivity index is 2.16. The molecule has 0 spiro atoms. The summed E-state index contributed by atoms with van der Waals surface area (Å²) in [4.78, 5) is 0. The second-order valence-electron chi connectivity index (χ2n) is 6.37. The van der Waals surface area contributed by atoms with E-state index in [-0.39, 0.29) is 0 Å². The van der Waals surface area contributed by atoms with Crippen LogP contribution in [0.4, 0.5) is 0 Å². The van der Waals surface area contributed by atoms with Gasteiger partial charge in [0.1, 0.15) is 0 Å². The molecular weight excluding hydrogens is 451 g/mol. The van der Waals surface area contributed by atoms with Gasteiger partial charge in [-0.2, -0.15) is 2.78 Å². The molecule has 4 heteroatoms. The third-order valence-electron chi connectivity index (χ3n) is 4.84. The SMILES string of the molecule is C=Cc1c(/C=C\C)[n+](C)c(-c2c(C)ccc3c2sc2ccccc23)n1I. The van der Waals surface area contributed by atoms with E-state index in [0.717, 1.165) is 5.69 Å². The summed E-state index contributed by atoms with van der Waals surface area (Å²) in [7, 11) is 2.14. The second-order valence-corrected chi connectivity index (χ2v) is 8.39. The van der Waals surface area contributed by atoms with Crippen molar-refractivity contribution in [1.29, 1.82) is 0 Å². The molecule has 2 nitrogen and oxygen atoms in total. The number of imidazole rings is 1. The lowest BCUT2D eigenvalue weighted by atomic mass is 10.0. The van der Waals surface area contributed by atoms with Gasteiger partial charge in [-0.25, -0.2) is 4.57 Å². The molecule has 2 aromatic heterocycles. The monoisotopic (exact) mass is 471 g/mol. The number of halogens is 1. The van der Waals surface area contributed by atoms with E-state index in [1.54, 1.807) is 0 Å². The molecule has 2 aromatic carbocycles. The van der Waals surface area contributed by atoms with Gasteiger partial charge in [0, 0.05) is 15.5 Å². The van der Waals surface area contributed by atoms with Gasteiger partial charge in [-0.3, -0.25) is 0 Å². The average molecular weight is 471 g/mol. The molecule has 0 radical (unpaired) electrons. The van der Waals surface area contributed by atoms with Crippen LogP contribution in [-0.2, 0) is 7.05 Å². The molecule has 0 aliphatic carbocycles. The van der Waals surface area contributed by atoms with E-state index in [4.69, 9.17) is 0 Å². The number of aryl methyl sites for hydroxylation is 1. The van der Waals surface area contributed by atoms with Crippen molar-refractivity contribution in [2.24, 2.45) is 7.05 Å². The molecule has 0 saturated heterocycles. The zero-order valence-corrected chi connectivity index (χ0v) is 18.1. The summed E-state index contributed by atoms with van der Waals surface area (Å²) < 4.78 is 7.18. The van der Waals surface area contributed by atoms with Crippen LogP contribution >= 0.6 is 34.2 Å². The van der Waals surface area contributed by atoms with Crippen LogP contribution < -0.4 is 4.57 Å². The standard InChI is InChI=1S/C22H20IN2S/c1-5-9-18-17(6-2)25(23)22(24(18)4)20-14(3)12-13-16-15-10-7-8-11-19(15)26-21(16)20/h5-13H,2H2,1,3-4H3/q+1/b9-5-.